The van der Waals surface area contributed by atoms with Gasteiger partial charge in [-0.15, -0.1) is 0 Å². The Morgan fingerprint density at radius 2 is 2.11 bits per heavy atom. The molecule has 0 radical (unpaired) electrons. The molecule has 0 heterocycles. The topological polar surface area (TPSA) is 86.7 Å². The number of carboxylic acid groups (broad SMARTS) is 1. The van der Waals surface area contributed by atoms with Crippen LogP contribution in [0.15, 0.2) is 0 Å². The van der Waals surface area contributed by atoms with Crippen LogP contribution in [0.5, 0.6) is 0 Å². The van der Waals surface area contributed by atoms with Gasteiger partial charge in [-0.05, 0) is 24.7 Å². The summed E-state index contributed by atoms with van der Waals surface area (Å²) in [6.45, 7) is 2.61. The van der Waals surface area contributed by atoms with Crippen LogP contribution < -0.4 is 4.72 Å². The average Bonchev–Trinajstić information content (AvgIpc) is 2.69. The SMILES string of the molecule is CC1CCC(CNS(=O)(=O)N(C)CCC(=O)O)C1. The highest BCUT2D eigenvalue weighted by Crippen LogP contribution is 2.29. The van der Waals surface area contributed by atoms with Crippen molar-refractivity contribution in [3.05, 3.63) is 0 Å². The maximum atomic E-state index is 11.8. The summed E-state index contributed by atoms with van der Waals surface area (Å²) in [6.07, 6.45) is 3.09. The van der Waals surface area contributed by atoms with Crippen LogP contribution in [0.3, 0.4) is 0 Å². The van der Waals surface area contributed by atoms with Gasteiger partial charge in [0.2, 0.25) is 0 Å². The summed E-state index contributed by atoms with van der Waals surface area (Å²) >= 11 is 0. The highest BCUT2D eigenvalue weighted by Gasteiger charge is 2.24. The second kappa shape index (κ2) is 6.49. The van der Waals surface area contributed by atoms with E-state index in [-0.39, 0.29) is 13.0 Å². The number of hydrogen-bond donors (Lipinski definition) is 2. The minimum absolute atomic E-state index is 0.00820. The Morgan fingerprint density at radius 1 is 1.44 bits per heavy atom. The Kier molecular flexibility index (Phi) is 5.55. The average molecular weight is 278 g/mol. The Bertz CT molecular complexity index is 383. The van der Waals surface area contributed by atoms with Gasteiger partial charge in [0.05, 0.1) is 6.42 Å². The van der Waals surface area contributed by atoms with Gasteiger partial charge in [0.15, 0.2) is 0 Å². The molecule has 2 N–H and O–H groups in total. The molecule has 0 aromatic rings. The fourth-order valence-electron chi connectivity index (χ4n) is 2.22. The van der Waals surface area contributed by atoms with Crippen molar-refractivity contribution in [2.24, 2.45) is 11.8 Å². The Morgan fingerprint density at radius 3 is 2.61 bits per heavy atom. The van der Waals surface area contributed by atoms with Gasteiger partial charge in [-0.3, -0.25) is 4.79 Å². The van der Waals surface area contributed by atoms with Gasteiger partial charge in [-0.25, -0.2) is 4.72 Å². The first-order valence-corrected chi connectivity index (χ1v) is 7.68. The van der Waals surface area contributed by atoms with E-state index in [0.29, 0.717) is 18.4 Å². The molecule has 7 heteroatoms. The molecule has 1 rings (SSSR count). The maximum absolute atomic E-state index is 11.8. The molecule has 0 aromatic heterocycles. The molecule has 1 fully saturated rings. The van der Waals surface area contributed by atoms with Crippen molar-refractivity contribution in [1.82, 2.24) is 9.03 Å². The quantitative estimate of drug-likeness (QED) is 0.716. The van der Waals surface area contributed by atoms with E-state index in [9.17, 15) is 13.2 Å². The molecule has 0 aliphatic heterocycles. The zero-order valence-electron chi connectivity index (χ0n) is 10.9. The van der Waals surface area contributed by atoms with Crippen LogP contribution in [-0.4, -0.2) is 43.9 Å². The van der Waals surface area contributed by atoms with E-state index < -0.39 is 16.2 Å². The molecule has 0 spiro atoms. The van der Waals surface area contributed by atoms with Gasteiger partial charge >= 0.3 is 5.97 Å². The number of nitrogens with zero attached hydrogens (tertiary/aromatic N) is 1. The number of nitrogens with one attached hydrogen (secondary N) is 1. The van der Waals surface area contributed by atoms with Gasteiger partial charge in [-0.2, -0.15) is 12.7 Å². The lowest BCUT2D eigenvalue weighted by atomic mass is 10.1. The second-order valence-corrected chi connectivity index (χ2v) is 6.97. The molecule has 0 saturated heterocycles. The van der Waals surface area contributed by atoms with Gasteiger partial charge < -0.3 is 5.11 Å². The van der Waals surface area contributed by atoms with E-state index in [0.717, 1.165) is 23.6 Å². The maximum Gasteiger partial charge on any atom is 0.304 e. The molecular weight excluding hydrogens is 256 g/mol. The highest BCUT2D eigenvalue weighted by molar-refractivity contribution is 7.87. The van der Waals surface area contributed by atoms with Crippen molar-refractivity contribution < 1.29 is 18.3 Å². The number of rotatable bonds is 7. The number of aliphatic carboxylic acids is 1. The van der Waals surface area contributed by atoms with E-state index >= 15 is 0 Å². The molecule has 0 aromatic carbocycles. The summed E-state index contributed by atoms with van der Waals surface area (Å²) in [5.41, 5.74) is 0. The molecule has 0 amide bonds. The van der Waals surface area contributed by atoms with Crippen LogP contribution in [0.25, 0.3) is 0 Å². The van der Waals surface area contributed by atoms with Crippen molar-refractivity contribution in [3.8, 4) is 0 Å². The molecule has 18 heavy (non-hydrogen) atoms. The third-order valence-corrected chi connectivity index (χ3v) is 4.94. The Balaban J connectivity index is 2.36. The van der Waals surface area contributed by atoms with E-state index in [1.165, 1.54) is 7.05 Å². The van der Waals surface area contributed by atoms with Crippen LogP contribution in [-0.2, 0) is 15.0 Å². The number of carbonyl (C=O) groups is 1. The lowest BCUT2D eigenvalue weighted by molar-refractivity contribution is -0.137. The van der Waals surface area contributed by atoms with Crippen LogP contribution in [0.4, 0.5) is 0 Å². The van der Waals surface area contributed by atoms with Crippen molar-refractivity contribution in [3.63, 3.8) is 0 Å². The summed E-state index contributed by atoms with van der Waals surface area (Å²) in [5, 5.41) is 8.52. The van der Waals surface area contributed by atoms with Crippen molar-refractivity contribution in [2.75, 3.05) is 20.1 Å². The number of carboxylic acids is 1. The van der Waals surface area contributed by atoms with Crippen molar-refractivity contribution in [1.29, 1.82) is 0 Å². The summed E-state index contributed by atoms with van der Waals surface area (Å²) in [5.74, 6) is 0.0774. The highest BCUT2D eigenvalue weighted by atomic mass is 32.2. The van der Waals surface area contributed by atoms with Gasteiger partial charge in [0.25, 0.3) is 10.2 Å². The molecule has 106 valence electrons. The molecule has 0 bridgehead atoms. The molecule has 1 saturated carbocycles. The molecule has 2 unspecified atom stereocenters. The summed E-state index contributed by atoms with van der Waals surface area (Å²) in [7, 11) is -2.15. The minimum Gasteiger partial charge on any atom is -0.481 e. The van der Waals surface area contributed by atoms with Crippen molar-refractivity contribution in [2.45, 2.75) is 32.6 Å². The van der Waals surface area contributed by atoms with E-state index in [1.807, 2.05) is 0 Å². The third kappa shape index (κ3) is 4.91. The van der Waals surface area contributed by atoms with E-state index in [4.69, 9.17) is 5.11 Å². The Hall–Kier alpha value is -0.660. The van der Waals surface area contributed by atoms with Gasteiger partial charge in [0.1, 0.15) is 0 Å². The second-order valence-electron chi connectivity index (χ2n) is 5.10. The lowest BCUT2D eigenvalue weighted by Gasteiger charge is -2.18. The monoisotopic (exact) mass is 278 g/mol. The summed E-state index contributed by atoms with van der Waals surface area (Å²) < 4.78 is 27.2. The zero-order valence-corrected chi connectivity index (χ0v) is 11.7. The van der Waals surface area contributed by atoms with E-state index in [2.05, 4.69) is 11.6 Å². The molecule has 2 atom stereocenters. The van der Waals surface area contributed by atoms with Crippen LogP contribution >= 0.6 is 0 Å². The predicted molar refractivity (Wildman–Crippen MR) is 68.3 cm³/mol. The fourth-order valence-corrected chi connectivity index (χ4v) is 3.22. The summed E-state index contributed by atoms with van der Waals surface area (Å²) in [6, 6.07) is 0. The van der Waals surface area contributed by atoms with E-state index in [1.54, 1.807) is 0 Å². The largest absolute Gasteiger partial charge is 0.481 e. The molecule has 6 nitrogen and oxygen atoms in total. The van der Waals surface area contributed by atoms with Gasteiger partial charge in [0, 0.05) is 20.1 Å². The molecule has 1 aliphatic carbocycles. The minimum atomic E-state index is -3.54. The first kappa shape index (κ1) is 15.4. The number of hydrogen-bond acceptors (Lipinski definition) is 3. The van der Waals surface area contributed by atoms with Crippen LogP contribution in [0.2, 0.25) is 0 Å². The smallest absolute Gasteiger partial charge is 0.304 e. The predicted octanol–water partition coefficient (Wildman–Crippen LogP) is 0.664. The normalized spacial score (nSPS) is 24.6. The fraction of sp³-hybridized carbons (Fsp3) is 0.909. The van der Waals surface area contributed by atoms with Crippen molar-refractivity contribution >= 4 is 16.2 Å². The lowest BCUT2D eigenvalue weighted by Crippen LogP contribution is -2.41. The standard InChI is InChI=1S/C11H22N2O4S/c1-9-3-4-10(7-9)8-12-18(16,17)13(2)6-5-11(14)15/h9-10,12H,3-8H2,1-2H3,(H,14,15). The Labute approximate surface area is 109 Å². The molecule has 1 aliphatic rings. The van der Waals surface area contributed by atoms with Crippen LogP contribution in [0, 0.1) is 11.8 Å². The molecular formula is C11H22N2O4S. The first-order chi connectivity index (χ1) is 8.31. The van der Waals surface area contributed by atoms with Gasteiger partial charge in [-0.1, -0.05) is 13.3 Å². The summed E-state index contributed by atoms with van der Waals surface area (Å²) in [4.78, 5) is 10.4. The van der Waals surface area contributed by atoms with Crippen LogP contribution in [0.1, 0.15) is 32.6 Å². The zero-order chi connectivity index (χ0) is 13.8. The first-order valence-electron chi connectivity index (χ1n) is 6.24. The third-order valence-electron chi connectivity index (χ3n) is 3.41.